The number of ether oxygens (including phenoxy) is 2. The molecule has 0 aliphatic carbocycles. The lowest BCUT2D eigenvalue weighted by Crippen LogP contribution is -2.42. The fourth-order valence-corrected chi connectivity index (χ4v) is 3.39. The highest BCUT2D eigenvalue weighted by atomic mass is 79.9. The first-order valence-corrected chi connectivity index (χ1v) is 8.69. The molecule has 0 amide bonds. The number of halogens is 2. The van der Waals surface area contributed by atoms with E-state index < -0.39 is 5.67 Å². The topological polar surface area (TPSA) is 44.2 Å². The van der Waals surface area contributed by atoms with E-state index >= 15 is 0 Å². The van der Waals surface area contributed by atoms with Crippen LogP contribution in [0.1, 0.15) is 11.4 Å². The molecule has 0 spiro atoms. The Morgan fingerprint density at radius 1 is 1.16 bits per heavy atom. The Hall–Kier alpha value is -2.05. The monoisotopic (exact) mass is 402 g/mol. The molecule has 6 heteroatoms. The van der Waals surface area contributed by atoms with Crippen molar-refractivity contribution in [3.05, 3.63) is 52.3 Å². The number of nitrogens with zero attached hydrogens (tertiary/aromatic N) is 2. The third kappa shape index (κ3) is 2.79. The van der Waals surface area contributed by atoms with Crippen LogP contribution in [-0.4, -0.2) is 30.3 Å². The quantitative estimate of drug-likeness (QED) is 0.643. The Bertz CT molecular complexity index is 968. The van der Waals surface area contributed by atoms with E-state index in [2.05, 4.69) is 25.9 Å². The summed E-state index contributed by atoms with van der Waals surface area (Å²) in [7, 11) is 1.58. The van der Waals surface area contributed by atoms with Gasteiger partial charge in [-0.3, -0.25) is 0 Å². The van der Waals surface area contributed by atoms with Crippen LogP contribution in [-0.2, 0) is 10.4 Å². The molecule has 0 unspecified atom stereocenters. The van der Waals surface area contributed by atoms with Gasteiger partial charge in [-0.15, -0.1) is 0 Å². The fraction of sp³-hybridized carbons (Fsp3) is 0.263. The molecule has 1 aromatic heterocycles. The first-order chi connectivity index (χ1) is 12.0. The maximum atomic E-state index is 14.6. The van der Waals surface area contributed by atoms with Gasteiger partial charge in [-0.05, 0) is 42.8 Å². The van der Waals surface area contributed by atoms with E-state index in [1.165, 1.54) is 0 Å². The summed E-state index contributed by atoms with van der Waals surface area (Å²) in [5.41, 5.74) is 1.57. The van der Waals surface area contributed by atoms with Gasteiger partial charge in [-0.25, -0.2) is 14.4 Å². The van der Waals surface area contributed by atoms with Gasteiger partial charge in [0.2, 0.25) is 0 Å². The van der Waals surface area contributed by atoms with Crippen molar-refractivity contribution in [3.63, 3.8) is 0 Å². The molecule has 0 bridgehead atoms. The molecule has 1 aliphatic heterocycles. The van der Waals surface area contributed by atoms with Gasteiger partial charge in [-0.2, -0.15) is 0 Å². The number of hydrogen-bond donors (Lipinski definition) is 0. The first kappa shape index (κ1) is 16.4. The highest BCUT2D eigenvalue weighted by Gasteiger charge is 2.41. The molecule has 1 saturated heterocycles. The van der Waals surface area contributed by atoms with Crippen LogP contribution in [0.2, 0.25) is 0 Å². The van der Waals surface area contributed by atoms with Crippen molar-refractivity contribution in [2.24, 2.45) is 0 Å². The molecule has 0 radical (unpaired) electrons. The molecule has 4 nitrogen and oxygen atoms in total. The van der Waals surface area contributed by atoms with Crippen LogP contribution in [0.5, 0.6) is 5.75 Å². The number of aryl methyl sites for hydroxylation is 1. The zero-order chi connectivity index (χ0) is 17.6. The number of hydrogen-bond acceptors (Lipinski definition) is 4. The minimum Gasteiger partial charge on any atom is -0.496 e. The molecular formula is C19H16BrFN2O2. The first-order valence-electron chi connectivity index (χ1n) is 7.90. The number of alkyl halides is 1. The van der Waals surface area contributed by atoms with Gasteiger partial charge in [0.25, 0.3) is 0 Å². The van der Waals surface area contributed by atoms with Crippen LogP contribution in [0.25, 0.3) is 22.2 Å². The minimum atomic E-state index is -1.43. The molecular weight excluding hydrogens is 387 g/mol. The van der Waals surface area contributed by atoms with Crippen LogP contribution in [0, 0.1) is 6.92 Å². The van der Waals surface area contributed by atoms with Crippen LogP contribution in [0.4, 0.5) is 4.39 Å². The largest absolute Gasteiger partial charge is 0.496 e. The molecule has 4 rings (SSSR count). The lowest BCUT2D eigenvalue weighted by Gasteiger charge is -2.34. The maximum absolute atomic E-state index is 14.6. The predicted octanol–water partition coefficient (Wildman–Crippen LogP) is 4.57. The summed E-state index contributed by atoms with van der Waals surface area (Å²) in [5, 5.41) is 0.918. The van der Waals surface area contributed by atoms with Crippen molar-refractivity contribution in [2.75, 3.05) is 20.3 Å². The third-order valence-electron chi connectivity index (χ3n) is 4.41. The second-order valence-electron chi connectivity index (χ2n) is 6.15. The van der Waals surface area contributed by atoms with Crippen molar-refractivity contribution in [1.29, 1.82) is 0 Å². The smallest absolute Gasteiger partial charge is 0.182 e. The number of benzene rings is 2. The van der Waals surface area contributed by atoms with Crippen LogP contribution < -0.4 is 4.74 Å². The predicted molar refractivity (Wildman–Crippen MR) is 97.6 cm³/mol. The maximum Gasteiger partial charge on any atom is 0.182 e. The van der Waals surface area contributed by atoms with E-state index in [-0.39, 0.29) is 13.2 Å². The van der Waals surface area contributed by atoms with Crippen LogP contribution in [0.15, 0.2) is 40.9 Å². The zero-order valence-corrected chi connectivity index (χ0v) is 15.4. The van der Waals surface area contributed by atoms with E-state index in [1.54, 1.807) is 19.2 Å². The Kier molecular flexibility index (Phi) is 3.96. The Morgan fingerprint density at radius 3 is 2.64 bits per heavy atom. The Balaban J connectivity index is 1.91. The standard InChI is InChI=1S/C19H16BrFN2O2/c1-11-22-16-8-13(20)4-6-14(16)18(23-11)15-5-3-12(7-17(15)24-2)19(21)9-25-10-19/h3-8H,9-10H2,1-2H3. The Labute approximate surface area is 153 Å². The van der Waals surface area contributed by atoms with Gasteiger partial charge in [0.1, 0.15) is 11.6 Å². The van der Waals surface area contributed by atoms with E-state index in [4.69, 9.17) is 9.47 Å². The van der Waals surface area contributed by atoms with Gasteiger partial charge in [0.05, 0.1) is 31.5 Å². The molecule has 2 aromatic carbocycles. The molecule has 25 heavy (non-hydrogen) atoms. The van der Waals surface area contributed by atoms with Crippen molar-refractivity contribution >= 4 is 26.8 Å². The van der Waals surface area contributed by atoms with Gasteiger partial charge >= 0.3 is 0 Å². The number of rotatable bonds is 3. The molecule has 3 aromatic rings. The second-order valence-corrected chi connectivity index (χ2v) is 7.07. The van der Waals surface area contributed by atoms with Gasteiger partial charge in [-0.1, -0.05) is 22.0 Å². The van der Waals surface area contributed by atoms with Crippen molar-refractivity contribution in [2.45, 2.75) is 12.6 Å². The summed E-state index contributed by atoms with van der Waals surface area (Å²) in [6.07, 6.45) is 0. The summed E-state index contributed by atoms with van der Waals surface area (Å²) >= 11 is 3.47. The summed E-state index contributed by atoms with van der Waals surface area (Å²) in [6, 6.07) is 11.3. The second kappa shape index (κ2) is 6.04. The SMILES string of the molecule is COc1cc(C2(F)COC2)ccc1-c1nc(C)nc2cc(Br)ccc12. The summed E-state index contributed by atoms with van der Waals surface area (Å²) in [6.45, 7) is 2.02. The van der Waals surface area contributed by atoms with Crippen molar-refractivity contribution < 1.29 is 13.9 Å². The zero-order valence-electron chi connectivity index (χ0n) is 13.8. The minimum absolute atomic E-state index is 0.0824. The number of fused-ring (bicyclic) bond motifs is 1. The van der Waals surface area contributed by atoms with Gasteiger partial charge in [0.15, 0.2) is 5.67 Å². The summed E-state index contributed by atoms with van der Waals surface area (Å²) in [5.74, 6) is 1.25. The lowest BCUT2D eigenvalue weighted by atomic mass is 9.92. The average molecular weight is 403 g/mol. The fourth-order valence-electron chi connectivity index (χ4n) is 3.04. The molecule has 0 saturated carbocycles. The normalized spacial score (nSPS) is 15.8. The van der Waals surface area contributed by atoms with E-state index in [0.29, 0.717) is 17.1 Å². The van der Waals surface area contributed by atoms with Crippen molar-refractivity contribution in [3.8, 4) is 17.0 Å². The Morgan fingerprint density at radius 2 is 1.96 bits per heavy atom. The molecule has 1 aliphatic rings. The number of methoxy groups -OCH3 is 1. The molecule has 0 N–H and O–H groups in total. The third-order valence-corrected chi connectivity index (χ3v) is 4.90. The molecule has 0 atom stereocenters. The molecule has 128 valence electrons. The number of aromatic nitrogens is 2. The van der Waals surface area contributed by atoms with Crippen LogP contribution in [0.3, 0.4) is 0 Å². The highest BCUT2D eigenvalue weighted by molar-refractivity contribution is 9.10. The van der Waals surface area contributed by atoms with Crippen LogP contribution >= 0.6 is 15.9 Å². The van der Waals surface area contributed by atoms with Gasteiger partial charge in [0, 0.05) is 15.4 Å². The lowest BCUT2D eigenvalue weighted by molar-refractivity contribution is -0.135. The summed E-state index contributed by atoms with van der Waals surface area (Å²) < 4.78 is 26.2. The highest BCUT2D eigenvalue weighted by Crippen LogP contribution is 2.40. The van der Waals surface area contributed by atoms with Crippen molar-refractivity contribution in [1.82, 2.24) is 9.97 Å². The average Bonchev–Trinajstić information content (AvgIpc) is 2.58. The van der Waals surface area contributed by atoms with E-state index in [0.717, 1.165) is 26.6 Å². The van der Waals surface area contributed by atoms with Gasteiger partial charge < -0.3 is 9.47 Å². The van der Waals surface area contributed by atoms with E-state index in [1.807, 2.05) is 31.2 Å². The molecule has 2 heterocycles. The summed E-state index contributed by atoms with van der Waals surface area (Å²) in [4.78, 5) is 9.11. The molecule has 1 fully saturated rings. The van der Waals surface area contributed by atoms with E-state index in [9.17, 15) is 4.39 Å².